The monoisotopic (exact) mass is 316 g/mol. The third kappa shape index (κ3) is 2.88. The summed E-state index contributed by atoms with van der Waals surface area (Å²) in [6, 6.07) is 12.9. The summed E-state index contributed by atoms with van der Waals surface area (Å²) in [6.45, 7) is 2.13. The zero-order chi connectivity index (χ0) is 13.1. The van der Waals surface area contributed by atoms with Crippen molar-refractivity contribution in [3.05, 3.63) is 64.4 Å². The number of aromatic nitrogens is 1. The van der Waals surface area contributed by atoms with Crippen molar-refractivity contribution in [2.75, 3.05) is 13.1 Å². The maximum Gasteiger partial charge on any atom is 0.0302 e. The highest BCUT2D eigenvalue weighted by atomic mass is 79.9. The van der Waals surface area contributed by atoms with Gasteiger partial charge in [0.25, 0.3) is 0 Å². The van der Waals surface area contributed by atoms with Crippen LogP contribution >= 0.6 is 15.9 Å². The number of halogens is 1. The number of rotatable bonds is 2. The normalized spacial score (nSPS) is 23.2. The summed E-state index contributed by atoms with van der Waals surface area (Å²) in [6.07, 6.45) is 5.03. The lowest BCUT2D eigenvalue weighted by Gasteiger charge is -2.33. The Bertz CT molecular complexity index is 541. The minimum atomic E-state index is 0.524. The Kier molecular flexibility index (Phi) is 3.95. The molecule has 1 aromatic carbocycles. The van der Waals surface area contributed by atoms with Gasteiger partial charge in [-0.1, -0.05) is 34.1 Å². The summed E-state index contributed by atoms with van der Waals surface area (Å²) in [4.78, 5) is 4.28. The molecular weight excluding hydrogens is 300 g/mol. The van der Waals surface area contributed by atoms with E-state index in [9.17, 15) is 0 Å². The number of hydrogen-bond acceptors (Lipinski definition) is 2. The lowest BCUT2D eigenvalue weighted by atomic mass is 9.78. The molecule has 0 aliphatic carbocycles. The van der Waals surface area contributed by atoms with E-state index >= 15 is 0 Å². The molecule has 1 fully saturated rings. The predicted molar refractivity (Wildman–Crippen MR) is 81.3 cm³/mol. The fourth-order valence-corrected chi connectivity index (χ4v) is 3.36. The van der Waals surface area contributed by atoms with Crippen LogP contribution in [0.5, 0.6) is 0 Å². The molecule has 0 amide bonds. The van der Waals surface area contributed by atoms with Gasteiger partial charge in [-0.3, -0.25) is 4.98 Å². The molecular formula is C16H17BrN2. The molecule has 1 N–H and O–H groups in total. The summed E-state index contributed by atoms with van der Waals surface area (Å²) in [5.74, 6) is 1.08. The van der Waals surface area contributed by atoms with Crippen LogP contribution in [0.1, 0.15) is 29.4 Å². The minimum absolute atomic E-state index is 0.524. The van der Waals surface area contributed by atoms with E-state index in [0.29, 0.717) is 11.8 Å². The van der Waals surface area contributed by atoms with Crippen LogP contribution < -0.4 is 5.32 Å². The number of nitrogens with zero attached hydrogens (tertiary/aromatic N) is 1. The molecule has 1 aliphatic rings. The van der Waals surface area contributed by atoms with E-state index in [1.807, 2.05) is 18.5 Å². The Morgan fingerprint density at radius 2 is 2.00 bits per heavy atom. The SMILES string of the molecule is Brc1cccc(C2CNCCC2c2cccnc2)c1. The predicted octanol–water partition coefficient (Wildman–Crippen LogP) is 3.70. The number of pyridine rings is 1. The van der Waals surface area contributed by atoms with Crippen molar-refractivity contribution >= 4 is 15.9 Å². The van der Waals surface area contributed by atoms with E-state index in [-0.39, 0.29) is 0 Å². The van der Waals surface area contributed by atoms with Crippen molar-refractivity contribution < 1.29 is 0 Å². The molecule has 2 atom stereocenters. The second-order valence-corrected chi connectivity index (χ2v) is 5.96. The fraction of sp³-hybridized carbons (Fsp3) is 0.312. The van der Waals surface area contributed by atoms with E-state index in [4.69, 9.17) is 0 Å². The molecule has 19 heavy (non-hydrogen) atoms. The summed E-state index contributed by atoms with van der Waals surface area (Å²) < 4.78 is 1.15. The van der Waals surface area contributed by atoms with Gasteiger partial charge in [0, 0.05) is 29.3 Å². The number of hydrogen-bond donors (Lipinski definition) is 1. The molecule has 0 saturated carbocycles. The van der Waals surface area contributed by atoms with Gasteiger partial charge in [0.2, 0.25) is 0 Å². The van der Waals surface area contributed by atoms with Gasteiger partial charge in [0.05, 0.1) is 0 Å². The molecule has 2 heterocycles. The molecule has 1 aliphatic heterocycles. The highest BCUT2D eigenvalue weighted by Crippen LogP contribution is 2.37. The summed E-state index contributed by atoms with van der Waals surface area (Å²) in [5, 5.41) is 3.52. The van der Waals surface area contributed by atoms with Crippen LogP contribution in [0.2, 0.25) is 0 Å². The molecule has 2 aromatic rings. The first kappa shape index (κ1) is 12.8. The van der Waals surface area contributed by atoms with E-state index in [2.05, 4.69) is 56.6 Å². The van der Waals surface area contributed by atoms with Crippen LogP contribution in [-0.2, 0) is 0 Å². The van der Waals surface area contributed by atoms with Gasteiger partial charge >= 0.3 is 0 Å². The van der Waals surface area contributed by atoms with Crippen LogP contribution in [0.15, 0.2) is 53.3 Å². The third-order valence-electron chi connectivity index (χ3n) is 3.87. The molecule has 2 unspecified atom stereocenters. The largest absolute Gasteiger partial charge is 0.316 e. The first-order chi connectivity index (χ1) is 9.34. The standard InChI is InChI=1S/C16H17BrN2/c17-14-5-1-3-12(9-14)16-11-19-8-6-15(16)13-4-2-7-18-10-13/h1-5,7,9-10,15-16,19H,6,8,11H2. The topological polar surface area (TPSA) is 24.9 Å². The zero-order valence-corrected chi connectivity index (χ0v) is 12.3. The van der Waals surface area contributed by atoms with E-state index in [0.717, 1.165) is 17.6 Å². The average molecular weight is 317 g/mol. The highest BCUT2D eigenvalue weighted by Gasteiger charge is 2.27. The summed E-state index contributed by atoms with van der Waals surface area (Å²) in [7, 11) is 0. The molecule has 2 nitrogen and oxygen atoms in total. The lowest BCUT2D eigenvalue weighted by Crippen LogP contribution is -2.34. The smallest absolute Gasteiger partial charge is 0.0302 e. The number of piperidine rings is 1. The maximum atomic E-state index is 4.28. The number of nitrogens with one attached hydrogen (secondary N) is 1. The summed E-state index contributed by atoms with van der Waals surface area (Å²) >= 11 is 3.57. The minimum Gasteiger partial charge on any atom is -0.316 e. The Hall–Kier alpha value is -1.19. The van der Waals surface area contributed by atoms with Crippen LogP contribution in [-0.4, -0.2) is 18.1 Å². The first-order valence-corrected chi connectivity index (χ1v) is 7.50. The van der Waals surface area contributed by atoms with Gasteiger partial charge in [-0.25, -0.2) is 0 Å². The Labute approximate surface area is 122 Å². The van der Waals surface area contributed by atoms with E-state index in [1.54, 1.807) is 0 Å². The quantitative estimate of drug-likeness (QED) is 0.913. The molecule has 0 spiro atoms. The van der Waals surface area contributed by atoms with Crippen LogP contribution in [0.25, 0.3) is 0 Å². The van der Waals surface area contributed by atoms with Crippen LogP contribution in [0, 0.1) is 0 Å². The van der Waals surface area contributed by atoms with Crippen molar-refractivity contribution in [3.8, 4) is 0 Å². The third-order valence-corrected chi connectivity index (χ3v) is 4.36. The molecule has 0 radical (unpaired) electrons. The van der Waals surface area contributed by atoms with E-state index < -0.39 is 0 Å². The maximum absolute atomic E-state index is 4.28. The van der Waals surface area contributed by atoms with Gasteiger partial charge in [0.1, 0.15) is 0 Å². The second kappa shape index (κ2) is 5.85. The van der Waals surface area contributed by atoms with Gasteiger partial charge < -0.3 is 5.32 Å². The van der Waals surface area contributed by atoms with Crippen molar-refractivity contribution in [2.24, 2.45) is 0 Å². The highest BCUT2D eigenvalue weighted by molar-refractivity contribution is 9.10. The van der Waals surface area contributed by atoms with Crippen LogP contribution in [0.3, 0.4) is 0 Å². The van der Waals surface area contributed by atoms with Gasteiger partial charge in [-0.05, 0) is 48.2 Å². The summed E-state index contributed by atoms with van der Waals surface area (Å²) in [5.41, 5.74) is 2.75. The van der Waals surface area contributed by atoms with Crippen molar-refractivity contribution in [3.63, 3.8) is 0 Å². The molecule has 3 heteroatoms. The molecule has 98 valence electrons. The molecule has 3 rings (SSSR count). The van der Waals surface area contributed by atoms with Crippen LogP contribution in [0.4, 0.5) is 0 Å². The Balaban J connectivity index is 1.93. The molecule has 0 bridgehead atoms. The molecule has 1 aromatic heterocycles. The van der Waals surface area contributed by atoms with E-state index in [1.165, 1.54) is 17.5 Å². The lowest BCUT2D eigenvalue weighted by molar-refractivity contribution is 0.403. The van der Waals surface area contributed by atoms with Crippen molar-refractivity contribution in [1.82, 2.24) is 10.3 Å². The van der Waals surface area contributed by atoms with Gasteiger partial charge in [-0.2, -0.15) is 0 Å². The fourth-order valence-electron chi connectivity index (χ4n) is 2.94. The van der Waals surface area contributed by atoms with Gasteiger partial charge in [0.15, 0.2) is 0 Å². The first-order valence-electron chi connectivity index (χ1n) is 6.71. The Morgan fingerprint density at radius 3 is 2.79 bits per heavy atom. The zero-order valence-electron chi connectivity index (χ0n) is 10.7. The number of benzene rings is 1. The molecule has 1 saturated heterocycles. The second-order valence-electron chi connectivity index (χ2n) is 5.05. The average Bonchev–Trinajstić information content (AvgIpc) is 2.48. The Morgan fingerprint density at radius 1 is 1.11 bits per heavy atom. The van der Waals surface area contributed by atoms with Gasteiger partial charge in [-0.15, -0.1) is 0 Å². The van der Waals surface area contributed by atoms with Crippen molar-refractivity contribution in [1.29, 1.82) is 0 Å². The van der Waals surface area contributed by atoms with Crippen molar-refractivity contribution in [2.45, 2.75) is 18.3 Å².